The van der Waals surface area contributed by atoms with E-state index in [0.29, 0.717) is 5.41 Å². The summed E-state index contributed by atoms with van der Waals surface area (Å²) < 4.78 is 0. The van der Waals surface area contributed by atoms with Gasteiger partial charge in [0, 0.05) is 6.54 Å². The number of nitrogens with one attached hydrogen (secondary N) is 1. The molecule has 0 aliphatic heterocycles. The van der Waals surface area contributed by atoms with Gasteiger partial charge in [-0.3, -0.25) is 0 Å². The monoisotopic (exact) mass is 206 g/mol. The minimum absolute atomic E-state index is 0.316. The van der Waals surface area contributed by atoms with Crippen LogP contribution in [0.4, 0.5) is 11.4 Å². The highest BCUT2D eigenvalue weighted by Gasteiger charge is 2.14. The topological polar surface area (TPSA) is 38.0 Å². The van der Waals surface area contributed by atoms with Gasteiger partial charge in [-0.15, -0.1) is 0 Å². The molecule has 0 aliphatic carbocycles. The van der Waals surface area contributed by atoms with Crippen LogP contribution in [0.15, 0.2) is 18.2 Å². The molecule has 0 aromatic heterocycles. The molecule has 0 saturated heterocycles. The van der Waals surface area contributed by atoms with Crippen molar-refractivity contribution in [2.24, 2.45) is 5.41 Å². The lowest BCUT2D eigenvalue weighted by Gasteiger charge is -2.24. The fourth-order valence-electron chi connectivity index (χ4n) is 1.28. The number of aryl methyl sites for hydroxylation is 1. The van der Waals surface area contributed by atoms with Gasteiger partial charge in [-0.1, -0.05) is 26.8 Å². The summed E-state index contributed by atoms with van der Waals surface area (Å²) >= 11 is 0. The zero-order valence-corrected chi connectivity index (χ0v) is 10.2. The first-order valence-electron chi connectivity index (χ1n) is 5.54. The lowest BCUT2D eigenvalue weighted by molar-refractivity contribution is 0.377. The Hall–Kier alpha value is -1.18. The molecule has 15 heavy (non-hydrogen) atoms. The van der Waals surface area contributed by atoms with Crippen molar-refractivity contribution in [3.63, 3.8) is 0 Å². The van der Waals surface area contributed by atoms with Gasteiger partial charge in [-0.2, -0.15) is 0 Å². The third-order valence-electron chi connectivity index (χ3n) is 2.92. The lowest BCUT2D eigenvalue weighted by atomic mass is 9.90. The summed E-state index contributed by atoms with van der Waals surface area (Å²) in [5.41, 5.74) is 9.33. The molecule has 0 saturated carbocycles. The van der Waals surface area contributed by atoms with Gasteiger partial charge in [0.25, 0.3) is 0 Å². The Bertz CT molecular complexity index is 329. The molecule has 0 amide bonds. The van der Waals surface area contributed by atoms with Crippen molar-refractivity contribution < 1.29 is 0 Å². The quantitative estimate of drug-likeness (QED) is 0.741. The first kappa shape index (κ1) is 11.9. The van der Waals surface area contributed by atoms with Crippen LogP contribution in [0.1, 0.15) is 32.8 Å². The molecule has 0 unspecified atom stereocenters. The van der Waals surface area contributed by atoms with Crippen molar-refractivity contribution in [1.29, 1.82) is 0 Å². The number of rotatable bonds is 4. The number of hydrogen-bond acceptors (Lipinski definition) is 2. The van der Waals surface area contributed by atoms with Gasteiger partial charge >= 0.3 is 0 Å². The second-order valence-corrected chi connectivity index (χ2v) is 4.96. The van der Waals surface area contributed by atoms with Crippen LogP contribution in [-0.2, 0) is 0 Å². The minimum atomic E-state index is 0.316. The molecule has 2 nitrogen and oxygen atoms in total. The van der Waals surface area contributed by atoms with Gasteiger partial charge in [0.05, 0.1) is 11.4 Å². The predicted molar refractivity (Wildman–Crippen MR) is 68.2 cm³/mol. The van der Waals surface area contributed by atoms with Crippen LogP contribution in [0.3, 0.4) is 0 Å². The Morgan fingerprint density at radius 2 is 2.00 bits per heavy atom. The van der Waals surface area contributed by atoms with Gasteiger partial charge in [0.1, 0.15) is 0 Å². The van der Waals surface area contributed by atoms with Crippen molar-refractivity contribution in [3.05, 3.63) is 23.8 Å². The molecule has 0 fully saturated rings. The number of hydrogen-bond donors (Lipinski definition) is 2. The summed E-state index contributed by atoms with van der Waals surface area (Å²) in [6.45, 7) is 9.76. The molecule has 0 bridgehead atoms. The summed E-state index contributed by atoms with van der Waals surface area (Å²) in [5, 5.41) is 3.42. The van der Waals surface area contributed by atoms with Crippen molar-refractivity contribution in [3.8, 4) is 0 Å². The number of benzene rings is 1. The van der Waals surface area contributed by atoms with Gasteiger partial charge < -0.3 is 11.1 Å². The molecule has 1 aromatic rings. The van der Waals surface area contributed by atoms with Gasteiger partial charge in [0.15, 0.2) is 0 Å². The number of nitrogens with two attached hydrogens (primary N) is 1. The van der Waals surface area contributed by atoms with E-state index in [9.17, 15) is 0 Å². The predicted octanol–water partition coefficient (Wildman–Crippen LogP) is 3.43. The molecule has 2 heteroatoms. The van der Waals surface area contributed by atoms with Crippen LogP contribution in [0.25, 0.3) is 0 Å². The van der Waals surface area contributed by atoms with Gasteiger partial charge in [-0.05, 0) is 36.5 Å². The highest BCUT2D eigenvalue weighted by molar-refractivity contribution is 5.66. The third-order valence-corrected chi connectivity index (χ3v) is 2.92. The summed E-state index contributed by atoms with van der Waals surface area (Å²) in [4.78, 5) is 0. The Morgan fingerprint density at radius 3 is 2.60 bits per heavy atom. The standard InChI is InChI=1S/C13H22N2/c1-5-13(3,4)9-15-12-8-10(2)6-7-11(12)14/h6-8,15H,5,9,14H2,1-4H3. The van der Waals surface area contributed by atoms with E-state index in [1.54, 1.807) is 0 Å². The fourth-order valence-corrected chi connectivity index (χ4v) is 1.28. The normalized spacial score (nSPS) is 11.5. The van der Waals surface area contributed by atoms with E-state index in [1.807, 2.05) is 12.1 Å². The third kappa shape index (κ3) is 3.46. The molecule has 3 N–H and O–H groups in total. The zero-order valence-electron chi connectivity index (χ0n) is 10.2. The van der Waals surface area contributed by atoms with Crippen molar-refractivity contribution >= 4 is 11.4 Å². The summed E-state index contributed by atoms with van der Waals surface area (Å²) in [5.74, 6) is 0. The molecule has 0 radical (unpaired) electrons. The largest absolute Gasteiger partial charge is 0.397 e. The molecule has 84 valence electrons. The molecule has 0 atom stereocenters. The van der Waals surface area contributed by atoms with Gasteiger partial charge in [0.2, 0.25) is 0 Å². The first-order valence-corrected chi connectivity index (χ1v) is 5.54. The summed E-state index contributed by atoms with van der Waals surface area (Å²) in [6.07, 6.45) is 1.16. The highest BCUT2D eigenvalue weighted by Crippen LogP contribution is 2.24. The van der Waals surface area contributed by atoms with Crippen LogP contribution in [0, 0.1) is 12.3 Å². The smallest absolute Gasteiger partial charge is 0.0576 e. The molecule has 0 heterocycles. The second kappa shape index (κ2) is 4.56. The SMILES string of the molecule is CCC(C)(C)CNc1cc(C)ccc1N. The maximum absolute atomic E-state index is 5.90. The van der Waals surface area contributed by atoms with Gasteiger partial charge in [-0.25, -0.2) is 0 Å². The molecule has 0 aliphatic rings. The van der Waals surface area contributed by atoms with E-state index in [-0.39, 0.29) is 0 Å². The first-order chi connectivity index (χ1) is 6.94. The van der Waals surface area contributed by atoms with Crippen LogP contribution >= 0.6 is 0 Å². The maximum Gasteiger partial charge on any atom is 0.0576 e. The molecular weight excluding hydrogens is 184 g/mol. The van der Waals surface area contributed by atoms with Crippen LogP contribution in [-0.4, -0.2) is 6.54 Å². The molecule has 1 rings (SSSR count). The molecular formula is C13H22N2. The van der Waals surface area contributed by atoms with E-state index in [0.717, 1.165) is 24.3 Å². The van der Waals surface area contributed by atoms with Crippen molar-refractivity contribution in [1.82, 2.24) is 0 Å². The van der Waals surface area contributed by atoms with E-state index < -0.39 is 0 Å². The van der Waals surface area contributed by atoms with Crippen LogP contribution in [0.5, 0.6) is 0 Å². The Labute approximate surface area is 92.9 Å². The highest BCUT2D eigenvalue weighted by atomic mass is 14.9. The van der Waals surface area contributed by atoms with E-state index >= 15 is 0 Å². The van der Waals surface area contributed by atoms with Crippen molar-refractivity contribution in [2.75, 3.05) is 17.6 Å². The van der Waals surface area contributed by atoms with E-state index in [2.05, 4.69) is 39.1 Å². The van der Waals surface area contributed by atoms with Crippen LogP contribution < -0.4 is 11.1 Å². The average Bonchev–Trinajstić information content (AvgIpc) is 2.20. The van der Waals surface area contributed by atoms with Crippen molar-refractivity contribution in [2.45, 2.75) is 34.1 Å². The van der Waals surface area contributed by atoms with Crippen LogP contribution in [0.2, 0.25) is 0 Å². The number of anilines is 2. The second-order valence-electron chi connectivity index (χ2n) is 4.96. The molecule has 0 spiro atoms. The lowest BCUT2D eigenvalue weighted by Crippen LogP contribution is -2.22. The van der Waals surface area contributed by atoms with E-state index in [1.165, 1.54) is 5.56 Å². The van der Waals surface area contributed by atoms with E-state index in [4.69, 9.17) is 5.73 Å². The maximum atomic E-state index is 5.90. The minimum Gasteiger partial charge on any atom is -0.397 e. The zero-order chi connectivity index (χ0) is 11.5. The number of nitrogen functional groups attached to an aromatic ring is 1. The Morgan fingerprint density at radius 1 is 1.33 bits per heavy atom. The average molecular weight is 206 g/mol. The Kier molecular flexibility index (Phi) is 3.61. The summed E-state index contributed by atoms with van der Waals surface area (Å²) in [6, 6.07) is 6.09. The fraction of sp³-hybridized carbons (Fsp3) is 0.538. The Balaban J connectivity index is 2.69. The summed E-state index contributed by atoms with van der Waals surface area (Å²) in [7, 11) is 0. The molecule has 1 aromatic carbocycles.